The third kappa shape index (κ3) is 4.25. The first-order valence-corrected chi connectivity index (χ1v) is 10.1. The van der Waals surface area contributed by atoms with E-state index in [0.717, 1.165) is 16.2 Å². The number of hydrogen-bond donors (Lipinski definition) is 1. The number of amides is 1. The van der Waals surface area contributed by atoms with Crippen LogP contribution in [0.3, 0.4) is 0 Å². The van der Waals surface area contributed by atoms with E-state index in [1.54, 1.807) is 34.4 Å². The van der Waals surface area contributed by atoms with Gasteiger partial charge in [0, 0.05) is 20.4 Å². The fourth-order valence-electron chi connectivity index (χ4n) is 2.21. The number of rotatable bonds is 6. The van der Waals surface area contributed by atoms with E-state index >= 15 is 0 Å². The largest absolute Gasteiger partial charge is 0.345 e. The molecule has 1 atom stereocenters. The Labute approximate surface area is 148 Å². The number of nitrogens with one attached hydrogen (secondary N) is 1. The molecular formula is C18H17NOS3. The van der Waals surface area contributed by atoms with Crippen LogP contribution in [-0.2, 0) is 5.75 Å². The van der Waals surface area contributed by atoms with Crippen molar-refractivity contribution < 1.29 is 4.79 Å². The monoisotopic (exact) mass is 359 g/mol. The fourth-order valence-corrected chi connectivity index (χ4v) is 4.76. The Morgan fingerprint density at radius 3 is 2.61 bits per heavy atom. The maximum atomic E-state index is 12.6. The molecule has 118 valence electrons. The minimum Gasteiger partial charge on any atom is -0.345 e. The van der Waals surface area contributed by atoms with Crippen LogP contribution in [0.1, 0.15) is 33.1 Å². The third-order valence-corrected chi connectivity index (χ3v) is 6.64. The molecule has 3 aromatic rings. The fraction of sp³-hybridized carbons (Fsp3) is 0.167. The van der Waals surface area contributed by atoms with Gasteiger partial charge in [-0.1, -0.05) is 24.3 Å². The van der Waals surface area contributed by atoms with Crippen molar-refractivity contribution in [3.8, 4) is 0 Å². The lowest BCUT2D eigenvalue weighted by Crippen LogP contribution is -2.26. The van der Waals surface area contributed by atoms with Crippen LogP contribution >= 0.6 is 34.4 Å². The van der Waals surface area contributed by atoms with Gasteiger partial charge in [0.05, 0.1) is 11.6 Å². The van der Waals surface area contributed by atoms with Crippen LogP contribution in [0.5, 0.6) is 0 Å². The van der Waals surface area contributed by atoms with Crippen molar-refractivity contribution in [2.24, 2.45) is 0 Å². The molecule has 0 aliphatic carbocycles. The molecule has 0 aliphatic heterocycles. The Kier molecular flexibility index (Phi) is 5.54. The van der Waals surface area contributed by atoms with Crippen LogP contribution < -0.4 is 5.32 Å². The molecule has 0 radical (unpaired) electrons. The second-order valence-electron chi connectivity index (χ2n) is 5.07. The summed E-state index contributed by atoms with van der Waals surface area (Å²) in [7, 11) is 0. The topological polar surface area (TPSA) is 29.1 Å². The molecular weight excluding hydrogens is 342 g/mol. The summed E-state index contributed by atoms with van der Waals surface area (Å²) >= 11 is 5.12. The molecule has 0 bridgehead atoms. The zero-order valence-electron chi connectivity index (χ0n) is 12.7. The maximum absolute atomic E-state index is 12.6. The van der Waals surface area contributed by atoms with E-state index in [2.05, 4.69) is 22.8 Å². The van der Waals surface area contributed by atoms with Gasteiger partial charge in [0.1, 0.15) is 0 Å². The highest BCUT2D eigenvalue weighted by molar-refractivity contribution is 7.98. The van der Waals surface area contributed by atoms with Gasteiger partial charge in [0.25, 0.3) is 5.91 Å². The minimum atomic E-state index is -0.0137. The minimum absolute atomic E-state index is 0.0137. The van der Waals surface area contributed by atoms with Crippen molar-refractivity contribution >= 4 is 40.3 Å². The van der Waals surface area contributed by atoms with Crippen molar-refractivity contribution in [2.75, 3.05) is 0 Å². The summed E-state index contributed by atoms with van der Waals surface area (Å²) in [6, 6.07) is 16.1. The second kappa shape index (κ2) is 7.81. The molecule has 5 heteroatoms. The van der Waals surface area contributed by atoms with Gasteiger partial charge >= 0.3 is 0 Å². The Hall–Kier alpha value is -1.56. The molecule has 1 N–H and O–H groups in total. The van der Waals surface area contributed by atoms with E-state index in [1.165, 1.54) is 9.75 Å². The highest BCUT2D eigenvalue weighted by atomic mass is 32.2. The summed E-state index contributed by atoms with van der Waals surface area (Å²) in [6.45, 7) is 2.02. The molecule has 0 saturated heterocycles. The predicted molar refractivity (Wildman–Crippen MR) is 101 cm³/mol. The lowest BCUT2D eigenvalue weighted by atomic mass is 10.2. The number of carbonyl (C=O) groups is 1. The summed E-state index contributed by atoms with van der Waals surface area (Å²) in [4.78, 5) is 16.1. The lowest BCUT2D eigenvalue weighted by molar-refractivity contribution is 0.0937. The number of benzene rings is 1. The summed E-state index contributed by atoms with van der Waals surface area (Å²) in [6.07, 6.45) is 0. The number of thiophene rings is 2. The molecule has 0 spiro atoms. The van der Waals surface area contributed by atoms with Gasteiger partial charge in [0.15, 0.2) is 0 Å². The Balaban J connectivity index is 1.70. The van der Waals surface area contributed by atoms with Gasteiger partial charge in [0.2, 0.25) is 0 Å². The van der Waals surface area contributed by atoms with E-state index in [9.17, 15) is 4.79 Å². The van der Waals surface area contributed by atoms with Crippen molar-refractivity contribution in [1.82, 2.24) is 5.32 Å². The molecule has 0 aliphatic rings. The molecule has 23 heavy (non-hydrogen) atoms. The first-order chi connectivity index (χ1) is 11.2. The van der Waals surface area contributed by atoms with Crippen LogP contribution in [0.25, 0.3) is 0 Å². The highest BCUT2D eigenvalue weighted by Gasteiger charge is 2.15. The predicted octanol–water partition coefficient (Wildman–Crippen LogP) is 5.59. The standard InChI is InChI=1S/C18H17NOS3/c1-13(16-9-5-11-22-16)19-18(20)15-7-2-3-8-17(15)23-12-14-6-4-10-21-14/h2-11,13H,12H2,1H3,(H,19,20)/t13-/m1/s1. The van der Waals surface area contributed by atoms with Crippen LogP contribution in [0.15, 0.2) is 64.2 Å². The molecule has 0 fully saturated rings. The maximum Gasteiger partial charge on any atom is 0.252 e. The molecule has 1 aromatic carbocycles. The Bertz CT molecular complexity index is 750. The van der Waals surface area contributed by atoms with Crippen molar-refractivity contribution in [2.45, 2.75) is 23.6 Å². The zero-order valence-corrected chi connectivity index (χ0v) is 15.1. The smallest absolute Gasteiger partial charge is 0.252 e. The third-order valence-electron chi connectivity index (χ3n) is 3.40. The molecule has 3 rings (SSSR count). The average molecular weight is 360 g/mol. The molecule has 1 amide bonds. The van der Waals surface area contributed by atoms with Crippen LogP contribution in [-0.4, -0.2) is 5.91 Å². The quantitative estimate of drug-likeness (QED) is 0.581. The van der Waals surface area contributed by atoms with E-state index in [0.29, 0.717) is 0 Å². The van der Waals surface area contributed by atoms with Gasteiger partial charge in [-0.05, 0) is 41.9 Å². The summed E-state index contributed by atoms with van der Waals surface area (Å²) in [5.74, 6) is 0.878. The first kappa shape index (κ1) is 16.3. The van der Waals surface area contributed by atoms with E-state index in [1.807, 2.05) is 48.7 Å². The van der Waals surface area contributed by atoms with Crippen molar-refractivity contribution in [3.05, 3.63) is 74.6 Å². The van der Waals surface area contributed by atoms with Crippen LogP contribution in [0.4, 0.5) is 0 Å². The van der Waals surface area contributed by atoms with Crippen LogP contribution in [0, 0.1) is 0 Å². The zero-order chi connectivity index (χ0) is 16.1. The summed E-state index contributed by atoms with van der Waals surface area (Å²) < 4.78 is 0. The number of hydrogen-bond acceptors (Lipinski definition) is 4. The first-order valence-electron chi connectivity index (χ1n) is 7.32. The van der Waals surface area contributed by atoms with Gasteiger partial charge in [-0.2, -0.15) is 0 Å². The SMILES string of the molecule is C[C@@H](NC(=O)c1ccccc1SCc1cccs1)c1cccs1. The van der Waals surface area contributed by atoms with E-state index in [4.69, 9.17) is 0 Å². The lowest BCUT2D eigenvalue weighted by Gasteiger charge is -2.14. The second-order valence-corrected chi connectivity index (χ2v) is 8.10. The molecule has 2 heterocycles. The van der Waals surface area contributed by atoms with E-state index < -0.39 is 0 Å². The summed E-state index contributed by atoms with van der Waals surface area (Å²) in [5, 5.41) is 7.20. The Morgan fingerprint density at radius 1 is 1.09 bits per heavy atom. The molecule has 0 unspecified atom stereocenters. The number of thioether (sulfide) groups is 1. The molecule has 2 aromatic heterocycles. The van der Waals surface area contributed by atoms with Crippen molar-refractivity contribution in [3.63, 3.8) is 0 Å². The van der Waals surface area contributed by atoms with Gasteiger partial charge in [-0.3, -0.25) is 4.79 Å². The number of carbonyl (C=O) groups excluding carboxylic acids is 1. The summed E-state index contributed by atoms with van der Waals surface area (Å²) in [5.41, 5.74) is 0.748. The normalized spacial score (nSPS) is 12.0. The average Bonchev–Trinajstić information content (AvgIpc) is 3.26. The van der Waals surface area contributed by atoms with Gasteiger partial charge in [-0.15, -0.1) is 34.4 Å². The van der Waals surface area contributed by atoms with Crippen molar-refractivity contribution in [1.29, 1.82) is 0 Å². The Morgan fingerprint density at radius 2 is 1.87 bits per heavy atom. The molecule has 0 saturated carbocycles. The van der Waals surface area contributed by atoms with Gasteiger partial charge < -0.3 is 5.32 Å². The van der Waals surface area contributed by atoms with Crippen LogP contribution in [0.2, 0.25) is 0 Å². The molecule has 2 nitrogen and oxygen atoms in total. The van der Waals surface area contributed by atoms with Gasteiger partial charge in [-0.25, -0.2) is 0 Å². The highest BCUT2D eigenvalue weighted by Crippen LogP contribution is 2.28. The van der Waals surface area contributed by atoms with E-state index in [-0.39, 0.29) is 11.9 Å².